The van der Waals surface area contributed by atoms with Crippen LogP contribution in [0.4, 0.5) is 0 Å². The van der Waals surface area contributed by atoms with Crippen molar-refractivity contribution in [3.63, 3.8) is 0 Å². The summed E-state index contributed by atoms with van der Waals surface area (Å²) in [4.78, 5) is 5.02. The van der Waals surface area contributed by atoms with E-state index in [0.29, 0.717) is 12.8 Å². The highest BCUT2D eigenvalue weighted by atomic mass is 16.7. The van der Waals surface area contributed by atoms with Crippen molar-refractivity contribution in [1.82, 2.24) is 15.1 Å². The molecular formula is C18H29N3O2. The van der Waals surface area contributed by atoms with Crippen LogP contribution < -0.4 is 14.8 Å². The Labute approximate surface area is 139 Å². The average molecular weight is 319 g/mol. The standard InChI is InChI=1S/C18H29N3O2/c1-15(16-5-6-17-18(13-16)23-14-22-17)19-7-3-9-21-10-4-8-20(2)11-12-21/h5-6,13,15,19H,3-4,7-12,14H2,1-2H3. The van der Waals surface area contributed by atoms with Gasteiger partial charge in [0, 0.05) is 19.1 Å². The topological polar surface area (TPSA) is 37.0 Å². The summed E-state index contributed by atoms with van der Waals surface area (Å²) in [6, 6.07) is 6.55. The summed E-state index contributed by atoms with van der Waals surface area (Å²) >= 11 is 0. The Balaban J connectivity index is 1.38. The molecule has 1 saturated heterocycles. The van der Waals surface area contributed by atoms with Gasteiger partial charge in [-0.2, -0.15) is 0 Å². The normalized spacial score (nSPS) is 20.4. The zero-order valence-electron chi connectivity index (χ0n) is 14.4. The Morgan fingerprint density at radius 3 is 2.91 bits per heavy atom. The summed E-state index contributed by atoms with van der Waals surface area (Å²) in [5.74, 6) is 1.72. The maximum atomic E-state index is 5.45. The number of rotatable bonds is 6. The second-order valence-corrected chi connectivity index (χ2v) is 6.64. The Morgan fingerprint density at radius 2 is 2.00 bits per heavy atom. The number of nitrogens with zero attached hydrogens (tertiary/aromatic N) is 2. The van der Waals surface area contributed by atoms with Crippen LogP contribution in [0.25, 0.3) is 0 Å². The molecule has 0 aromatic heterocycles. The van der Waals surface area contributed by atoms with Gasteiger partial charge in [-0.05, 0) is 70.7 Å². The molecule has 5 nitrogen and oxygen atoms in total. The predicted molar refractivity (Wildman–Crippen MR) is 92.2 cm³/mol. The van der Waals surface area contributed by atoms with Crippen LogP contribution in [0.15, 0.2) is 18.2 Å². The molecule has 1 atom stereocenters. The SMILES string of the molecule is CC(NCCCN1CCCN(C)CC1)c1ccc2c(c1)OCO2. The van der Waals surface area contributed by atoms with Crippen LogP contribution in [0.2, 0.25) is 0 Å². The van der Waals surface area contributed by atoms with E-state index in [0.717, 1.165) is 18.0 Å². The van der Waals surface area contributed by atoms with Gasteiger partial charge in [0.2, 0.25) is 6.79 Å². The molecule has 5 heteroatoms. The van der Waals surface area contributed by atoms with E-state index in [2.05, 4.69) is 41.2 Å². The fourth-order valence-corrected chi connectivity index (χ4v) is 3.25. The minimum atomic E-state index is 0.333. The molecule has 0 aliphatic carbocycles. The first-order valence-electron chi connectivity index (χ1n) is 8.76. The molecule has 0 radical (unpaired) electrons. The van der Waals surface area contributed by atoms with Crippen LogP contribution in [-0.4, -0.2) is 62.9 Å². The lowest BCUT2D eigenvalue weighted by Gasteiger charge is -2.21. The predicted octanol–water partition coefficient (Wildman–Crippen LogP) is 2.09. The zero-order valence-corrected chi connectivity index (χ0v) is 14.4. The number of hydrogen-bond donors (Lipinski definition) is 1. The molecule has 2 heterocycles. The van der Waals surface area contributed by atoms with Gasteiger partial charge in [0.1, 0.15) is 0 Å². The molecule has 0 spiro atoms. The Morgan fingerprint density at radius 1 is 1.13 bits per heavy atom. The first kappa shape index (κ1) is 16.6. The summed E-state index contributed by atoms with van der Waals surface area (Å²) in [7, 11) is 2.22. The van der Waals surface area contributed by atoms with E-state index >= 15 is 0 Å². The fraction of sp³-hybridized carbons (Fsp3) is 0.667. The van der Waals surface area contributed by atoms with Gasteiger partial charge in [-0.3, -0.25) is 0 Å². The van der Waals surface area contributed by atoms with Gasteiger partial charge in [-0.1, -0.05) is 6.07 Å². The molecule has 3 rings (SSSR count). The van der Waals surface area contributed by atoms with Crippen molar-refractivity contribution in [2.75, 3.05) is 53.1 Å². The first-order valence-corrected chi connectivity index (χ1v) is 8.76. The molecule has 0 saturated carbocycles. The van der Waals surface area contributed by atoms with Crippen molar-refractivity contribution < 1.29 is 9.47 Å². The summed E-state index contributed by atoms with van der Waals surface area (Å²) < 4.78 is 10.8. The smallest absolute Gasteiger partial charge is 0.231 e. The molecule has 1 aromatic rings. The molecule has 128 valence electrons. The Kier molecular flexibility index (Phi) is 5.75. The largest absolute Gasteiger partial charge is 0.454 e. The lowest BCUT2D eigenvalue weighted by atomic mass is 10.1. The number of likely N-dealkylation sites (N-methyl/N-ethyl adjacent to an activating group) is 1. The van der Waals surface area contributed by atoms with Crippen LogP contribution in [0.1, 0.15) is 31.4 Å². The quantitative estimate of drug-likeness (QED) is 0.813. The van der Waals surface area contributed by atoms with Crippen molar-refractivity contribution in [1.29, 1.82) is 0 Å². The van der Waals surface area contributed by atoms with E-state index in [4.69, 9.17) is 9.47 Å². The summed E-state index contributed by atoms with van der Waals surface area (Å²) in [6.45, 7) is 9.65. The monoisotopic (exact) mass is 319 g/mol. The molecule has 1 fully saturated rings. The van der Waals surface area contributed by atoms with Gasteiger partial charge in [0.05, 0.1) is 0 Å². The number of hydrogen-bond acceptors (Lipinski definition) is 5. The zero-order chi connectivity index (χ0) is 16.1. The van der Waals surface area contributed by atoms with Gasteiger partial charge >= 0.3 is 0 Å². The molecule has 23 heavy (non-hydrogen) atoms. The third-order valence-electron chi connectivity index (χ3n) is 4.81. The molecule has 1 aromatic carbocycles. The van der Waals surface area contributed by atoms with Crippen LogP contribution in [0.5, 0.6) is 11.5 Å². The van der Waals surface area contributed by atoms with E-state index in [1.807, 2.05) is 6.07 Å². The van der Waals surface area contributed by atoms with Crippen molar-refractivity contribution in [2.45, 2.75) is 25.8 Å². The highest BCUT2D eigenvalue weighted by Gasteiger charge is 2.16. The highest BCUT2D eigenvalue weighted by molar-refractivity contribution is 5.45. The van der Waals surface area contributed by atoms with E-state index in [9.17, 15) is 0 Å². The van der Waals surface area contributed by atoms with Gasteiger partial charge < -0.3 is 24.6 Å². The van der Waals surface area contributed by atoms with Gasteiger partial charge in [-0.15, -0.1) is 0 Å². The number of fused-ring (bicyclic) bond motifs is 1. The maximum Gasteiger partial charge on any atom is 0.231 e. The first-order chi connectivity index (χ1) is 11.2. The molecule has 1 N–H and O–H groups in total. The Hall–Kier alpha value is -1.30. The van der Waals surface area contributed by atoms with Crippen molar-refractivity contribution in [2.24, 2.45) is 0 Å². The van der Waals surface area contributed by atoms with Crippen LogP contribution in [-0.2, 0) is 0 Å². The van der Waals surface area contributed by atoms with Crippen LogP contribution >= 0.6 is 0 Å². The number of nitrogens with one attached hydrogen (secondary N) is 1. The van der Waals surface area contributed by atoms with E-state index in [1.165, 1.54) is 51.1 Å². The second kappa shape index (κ2) is 7.99. The molecular weight excluding hydrogens is 290 g/mol. The lowest BCUT2D eigenvalue weighted by Crippen LogP contribution is -2.31. The highest BCUT2D eigenvalue weighted by Crippen LogP contribution is 2.34. The lowest BCUT2D eigenvalue weighted by molar-refractivity contribution is 0.174. The minimum absolute atomic E-state index is 0.333. The summed E-state index contributed by atoms with van der Waals surface area (Å²) in [5, 5.41) is 3.62. The van der Waals surface area contributed by atoms with E-state index in [1.54, 1.807) is 0 Å². The summed E-state index contributed by atoms with van der Waals surface area (Å²) in [5.41, 5.74) is 1.26. The molecule has 2 aliphatic rings. The minimum Gasteiger partial charge on any atom is -0.454 e. The number of benzene rings is 1. The Bertz CT molecular complexity index is 509. The summed E-state index contributed by atoms with van der Waals surface area (Å²) in [6.07, 6.45) is 2.48. The molecule has 0 amide bonds. The molecule has 1 unspecified atom stereocenters. The third kappa shape index (κ3) is 4.59. The van der Waals surface area contributed by atoms with Crippen molar-refractivity contribution >= 4 is 0 Å². The number of ether oxygens (including phenoxy) is 2. The van der Waals surface area contributed by atoms with Gasteiger partial charge in [0.25, 0.3) is 0 Å². The van der Waals surface area contributed by atoms with E-state index < -0.39 is 0 Å². The molecule has 2 aliphatic heterocycles. The van der Waals surface area contributed by atoms with Crippen molar-refractivity contribution in [3.05, 3.63) is 23.8 Å². The maximum absolute atomic E-state index is 5.45. The fourth-order valence-electron chi connectivity index (χ4n) is 3.25. The second-order valence-electron chi connectivity index (χ2n) is 6.64. The molecule has 0 bridgehead atoms. The van der Waals surface area contributed by atoms with Crippen LogP contribution in [0, 0.1) is 0 Å². The van der Waals surface area contributed by atoms with Gasteiger partial charge in [-0.25, -0.2) is 0 Å². The van der Waals surface area contributed by atoms with Crippen LogP contribution in [0.3, 0.4) is 0 Å². The van der Waals surface area contributed by atoms with Gasteiger partial charge in [0.15, 0.2) is 11.5 Å². The third-order valence-corrected chi connectivity index (χ3v) is 4.81. The van der Waals surface area contributed by atoms with E-state index in [-0.39, 0.29) is 0 Å². The van der Waals surface area contributed by atoms with Crippen molar-refractivity contribution in [3.8, 4) is 11.5 Å². The average Bonchev–Trinajstić information content (AvgIpc) is 2.93.